The van der Waals surface area contributed by atoms with Crippen molar-refractivity contribution in [1.29, 1.82) is 0 Å². The van der Waals surface area contributed by atoms with E-state index in [-0.39, 0.29) is 5.91 Å². The molecule has 0 aliphatic heterocycles. The Morgan fingerprint density at radius 3 is 2.50 bits per heavy atom. The van der Waals surface area contributed by atoms with Crippen molar-refractivity contribution in [3.05, 3.63) is 53.6 Å². The predicted octanol–water partition coefficient (Wildman–Crippen LogP) is 3.43. The van der Waals surface area contributed by atoms with E-state index in [9.17, 15) is 4.79 Å². The highest BCUT2D eigenvalue weighted by atomic mass is 32.1. The van der Waals surface area contributed by atoms with E-state index in [4.69, 9.17) is 9.47 Å². The van der Waals surface area contributed by atoms with Crippen LogP contribution < -0.4 is 14.8 Å². The largest absolute Gasteiger partial charge is 0.493 e. The second-order valence-electron chi connectivity index (χ2n) is 6.02. The van der Waals surface area contributed by atoms with Crippen LogP contribution in [-0.4, -0.2) is 39.9 Å². The third-order valence-electron chi connectivity index (χ3n) is 4.17. The Morgan fingerprint density at radius 1 is 1.04 bits per heavy atom. The van der Waals surface area contributed by atoms with Crippen LogP contribution in [-0.2, 0) is 0 Å². The summed E-state index contributed by atoms with van der Waals surface area (Å²) < 4.78 is 12.2. The van der Waals surface area contributed by atoms with E-state index in [0.29, 0.717) is 33.0 Å². The number of nitrogens with one attached hydrogen (secondary N) is 1. The van der Waals surface area contributed by atoms with Gasteiger partial charge in [-0.05, 0) is 37.3 Å². The summed E-state index contributed by atoms with van der Waals surface area (Å²) in [6.45, 7) is 1.97. The number of carbonyl (C=O) groups is 1. The molecule has 0 fully saturated rings. The molecular weight excluding hydrogens is 378 g/mol. The maximum Gasteiger partial charge on any atom is 0.257 e. The topological polar surface area (TPSA) is 90.6 Å². The molecule has 142 valence electrons. The second-order valence-corrected chi connectivity index (χ2v) is 6.97. The third-order valence-corrected chi connectivity index (χ3v) is 4.98. The highest BCUT2D eigenvalue weighted by Gasteiger charge is 2.17. The van der Waals surface area contributed by atoms with Gasteiger partial charge in [-0.3, -0.25) is 10.1 Å². The van der Waals surface area contributed by atoms with Crippen molar-refractivity contribution < 1.29 is 14.3 Å². The Balaban J connectivity index is 1.64. The molecule has 2 aromatic heterocycles. The van der Waals surface area contributed by atoms with Gasteiger partial charge in [0.25, 0.3) is 5.91 Å². The quantitative estimate of drug-likeness (QED) is 0.557. The smallest absolute Gasteiger partial charge is 0.257 e. The number of methoxy groups -OCH3 is 2. The number of ether oxygens (including phenoxy) is 2. The Morgan fingerprint density at radius 2 is 1.79 bits per heavy atom. The van der Waals surface area contributed by atoms with E-state index >= 15 is 0 Å². The van der Waals surface area contributed by atoms with E-state index in [2.05, 4.69) is 20.6 Å². The fourth-order valence-electron chi connectivity index (χ4n) is 2.70. The molecule has 2 aromatic carbocycles. The standard InChI is InChI=1S/C19H17N5O3S/c1-11-4-6-12(7-5-11)17(25)20-18-23-24-16(21-22-19(24)28-18)13-8-9-14(26-2)15(10-13)27-3/h4-10H,1-3H3,(H,20,23,25). The van der Waals surface area contributed by atoms with Gasteiger partial charge in [0.15, 0.2) is 17.3 Å². The Hall–Kier alpha value is -3.46. The van der Waals surface area contributed by atoms with Crippen molar-refractivity contribution in [1.82, 2.24) is 19.8 Å². The Labute approximate surface area is 164 Å². The molecule has 2 heterocycles. The van der Waals surface area contributed by atoms with Gasteiger partial charge in [-0.1, -0.05) is 29.0 Å². The fraction of sp³-hybridized carbons (Fsp3) is 0.158. The molecule has 4 aromatic rings. The molecule has 0 aliphatic rings. The average Bonchev–Trinajstić information content (AvgIpc) is 3.28. The van der Waals surface area contributed by atoms with Gasteiger partial charge < -0.3 is 9.47 Å². The third kappa shape index (κ3) is 3.27. The summed E-state index contributed by atoms with van der Waals surface area (Å²) in [6, 6.07) is 12.8. The van der Waals surface area contributed by atoms with Crippen LogP contribution in [0.3, 0.4) is 0 Å². The number of aromatic nitrogens is 4. The molecule has 0 saturated heterocycles. The molecule has 8 nitrogen and oxygen atoms in total. The van der Waals surface area contributed by atoms with Gasteiger partial charge in [0.1, 0.15) is 0 Å². The molecule has 0 saturated carbocycles. The number of rotatable bonds is 5. The van der Waals surface area contributed by atoms with Crippen molar-refractivity contribution in [3.63, 3.8) is 0 Å². The van der Waals surface area contributed by atoms with Gasteiger partial charge >= 0.3 is 0 Å². The summed E-state index contributed by atoms with van der Waals surface area (Å²) >= 11 is 1.25. The van der Waals surface area contributed by atoms with E-state index in [1.807, 2.05) is 25.1 Å². The number of benzene rings is 2. The number of fused-ring (bicyclic) bond motifs is 1. The van der Waals surface area contributed by atoms with Gasteiger partial charge in [0, 0.05) is 11.1 Å². The minimum Gasteiger partial charge on any atom is -0.493 e. The molecule has 0 unspecified atom stereocenters. The van der Waals surface area contributed by atoms with Gasteiger partial charge in [-0.15, -0.1) is 15.3 Å². The lowest BCUT2D eigenvalue weighted by Gasteiger charge is -2.08. The number of aryl methyl sites for hydroxylation is 1. The van der Waals surface area contributed by atoms with Crippen molar-refractivity contribution in [2.45, 2.75) is 6.92 Å². The van der Waals surface area contributed by atoms with Gasteiger partial charge in [0.2, 0.25) is 10.1 Å². The molecule has 1 amide bonds. The molecular formula is C19H17N5O3S. The first kappa shape index (κ1) is 17.9. The Kier molecular flexibility index (Phi) is 4.66. The molecule has 0 aliphatic carbocycles. The first-order valence-electron chi connectivity index (χ1n) is 8.41. The normalized spacial score (nSPS) is 10.8. The number of nitrogens with zero attached hydrogens (tertiary/aromatic N) is 4. The molecule has 0 bridgehead atoms. The van der Waals surface area contributed by atoms with Crippen LogP contribution in [0.5, 0.6) is 11.5 Å². The van der Waals surface area contributed by atoms with Crippen molar-refractivity contribution in [2.24, 2.45) is 0 Å². The van der Waals surface area contributed by atoms with Crippen LogP contribution in [0.2, 0.25) is 0 Å². The number of hydrogen-bond acceptors (Lipinski definition) is 7. The van der Waals surface area contributed by atoms with Gasteiger partial charge in [-0.25, -0.2) is 0 Å². The van der Waals surface area contributed by atoms with E-state index < -0.39 is 0 Å². The zero-order valence-corrected chi connectivity index (χ0v) is 16.3. The van der Waals surface area contributed by atoms with Crippen LogP contribution in [0, 0.1) is 6.92 Å². The molecule has 4 rings (SSSR count). The van der Waals surface area contributed by atoms with Crippen LogP contribution in [0.15, 0.2) is 42.5 Å². The van der Waals surface area contributed by atoms with Crippen molar-refractivity contribution in [3.8, 4) is 22.9 Å². The fourth-order valence-corrected chi connectivity index (χ4v) is 3.43. The maximum absolute atomic E-state index is 12.4. The van der Waals surface area contributed by atoms with Crippen LogP contribution >= 0.6 is 11.3 Å². The minimum atomic E-state index is -0.224. The van der Waals surface area contributed by atoms with E-state index in [1.165, 1.54) is 11.3 Å². The Bertz CT molecular complexity index is 1150. The highest BCUT2D eigenvalue weighted by molar-refractivity contribution is 7.20. The first-order chi connectivity index (χ1) is 13.6. The average molecular weight is 395 g/mol. The summed E-state index contributed by atoms with van der Waals surface area (Å²) in [5.74, 6) is 1.52. The summed E-state index contributed by atoms with van der Waals surface area (Å²) in [7, 11) is 3.15. The first-order valence-corrected chi connectivity index (χ1v) is 9.23. The second kappa shape index (κ2) is 7.28. The molecule has 0 spiro atoms. The van der Waals surface area contributed by atoms with Gasteiger partial charge in [-0.2, -0.15) is 4.52 Å². The summed E-state index contributed by atoms with van der Waals surface area (Å²) in [6.07, 6.45) is 0. The summed E-state index contributed by atoms with van der Waals surface area (Å²) in [4.78, 5) is 13.0. The monoisotopic (exact) mass is 395 g/mol. The SMILES string of the molecule is COc1ccc(-c2nnc3sc(NC(=O)c4ccc(C)cc4)nn23)cc1OC. The van der Waals surface area contributed by atoms with E-state index in [0.717, 1.165) is 11.1 Å². The lowest BCUT2D eigenvalue weighted by atomic mass is 10.1. The lowest BCUT2D eigenvalue weighted by molar-refractivity contribution is 0.102. The van der Waals surface area contributed by atoms with Crippen LogP contribution in [0.25, 0.3) is 16.3 Å². The molecule has 28 heavy (non-hydrogen) atoms. The lowest BCUT2D eigenvalue weighted by Crippen LogP contribution is -2.11. The molecule has 0 radical (unpaired) electrons. The maximum atomic E-state index is 12.4. The number of hydrogen-bond donors (Lipinski definition) is 1. The molecule has 1 N–H and O–H groups in total. The zero-order chi connectivity index (χ0) is 19.7. The summed E-state index contributed by atoms with van der Waals surface area (Å²) in [5.41, 5.74) is 2.43. The molecule has 0 atom stereocenters. The highest BCUT2D eigenvalue weighted by Crippen LogP contribution is 2.32. The van der Waals surface area contributed by atoms with Crippen LogP contribution in [0.1, 0.15) is 15.9 Å². The van der Waals surface area contributed by atoms with Crippen molar-refractivity contribution in [2.75, 3.05) is 19.5 Å². The summed E-state index contributed by atoms with van der Waals surface area (Å²) in [5, 5.41) is 16.0. The van der Waals surface area contributed by atoms with Crippen LogP contribution in [0.4, 0.5) is 5.13 Å². The number of amides is 1. The number of anilines is 1. The number of carbonyl (C=O) groups excluding carboxylic acids is 1. The minimum absolute atomic E-state index is 0.224. The van der Waals surface area contributed by atoms with E-state index in [1.54, 1.807) is 43.0 Å². The predicted molar refractivity (Wildman–Crippen MR) is 106 cm³/mol. The van der Waals surface area contributed by atoms with Gasteiger partial charge in [0.05, 0.1) is 14.2 Å². The van der Waals surface area contributed by atoms with Crippen molar-refractivity contribution >= 4 is 27.3 Å². The molecule has 9 heteroatoms. The zero-order valence-electron chi connectivity index (χ0n) is 15.5.